The summed E-state index contributed by atoms with van der Waals surface area (Å²) < 4.78 is 18.7. The van der Waals surface area contributed by atoms with E-state index in [0.29, 0.717) is 31.4 Å². The number of rotatable bonds is 8. The van der Waals surface area contributed by atoms with Crippen LogP contribution in [0.5, 0.6) is 11.5 Å². The molecule has 0 amide bonds. The number of ether oxygens (including phenoxy) is 2. The number of aromatic nitrogens is 4. The van der Waals surface area contributed by atoms with E-state index in [9.17, 15) is 0 Å². The van der Waals surface area contributed by atoms with Gasteiger partial charge in [-0.25, -0.2) is 0 Å². The van der Waals surface area contributed by atoms with Crippen molar-refractivity contribution in [3.63, 3.8) is 0 Å². The highest BCUT2D eigenvalue weighted by molar-refractivity contribution is 5.31. The van der Waals surface area contributed by atoms with Crippen molar-refractivity contribution in [1.29, 1.82) is 0 Å². The fraction of sp³-hybridized carbons (Fsp3) is 0.353. The number of nitrogens with zero attached hydrogens (tertiary/aromatic N) is 4. The number of hydrogen-bond donors (Lipinski definition) is 0. The first-order valence-corrected chi connectivity index (χ1v) is 7.94. The minimum Gasteiger partial charge on any atom is -0.494 e. The van der Waals surface area contributed by atoms with Gasteiger partial charge in [-0.3, -0.25) is 4.68 Å². The maximum atomic E-state index is 5.83. The topological polar surface area (TPSA) is 75.2 Å². The second kappa shape index (κ2) is 7.63. The molecule has 2 heterocycles. The fourth-order valence-corrected chi connectivity index (χ4v) is 2.21. The van der Waals surface area contributed by atoms with Crippen molar-refractivity contribution in [2.75, 3.05) is 6.61 Å². The molecule has 0 radical (unpaired) electrons. The van der Waals surface area contributed by atoms with Crippen molar-refractivity contribution < 1.29 is 13.9 Å². The van der Waals surface area contributed by atoms with E-state index < -0.39 is 0 Å². The molecule has 7 nitrogen and oxygen atoms in total. The Morgan fingerprint density at radius 1 is 1.17 bits per heavy atom. The monoisotopic (exact) mass is 328 g/mol. The highest BCUT2D eigenvalue weighted by Gasteiger charge is 2.15. The molecule has 0 aliphatic carbocycles. The molecule has 0 saturated heterocycles. The second-order valence-electron chi connectivity index (χ2n) is 5.22. The maximum Gasteiger partial charge on any atom is 0.256 e. The molecule has 1 aromatic carbocycles. The molecule has 0 aliphatic heterocycles. The average molecular weight is 328 g/mol. The van der Waals surface area contributed by atoms with Crippen LogP contribution in [0.2, 0.25) is 0 Å². The van der Waals surface area contributed by atoms with E-state index in [1.807, 2.05) is 55.1 Å². The summed E-state index contributed by atoms with van der Waals surface area (Å²) >= 11 is 0. The molecule has 24 heavy (non-hydrogen) atoms. The van der Waals surface area contributed by atoms with E-state index in [4.69, 9.17) is 13.9 Å². The van der Waals surface area contributed by atoms with Crippen LogP contribution in [-0.2, 0) is 13.0 Å². The third kappa shape index (κ3) is 4.13. The lowest BCUT2D eigenvalue weighted by molar-refractivity contribution is 0.185. The molecule has 0 unspecified atom stereocenters. The van der Waals surface area contributed by atoms with Crippen LogP contribution in [0.15, 0.2) is 47.1 Å². The summed E-state index contributed by atoms with van der Waals surface area (Å²) in [6.45, 7) is 5.16. The normalized spacial score (nSPS) is 12.1. The first kappa shape index (κ1) is 16.0. The van der Waals surface area contributed by atoms with Crippen LogP contribution >= 0.6 is 0 Å². The lowest BCUT2D eigenvalue weighted by Crippen LogP contribution is -2.03. The van der Waals surface area contributed by atoms with Gasteiger partial charge in [0, 0.05) is 25.4 Å². The molecular weight excluding hydrogens is 308 g/mol. The summed E-state index contributed by atoms with van der Waals surface area (Å²) in [5.41, 5.74) is 0. The first-order valence-electron chi connectivity index (χ1n) is 7.94. The Bertz CT molecular complexity index is 738. The van der Waals surface area contributed by atoms with Crippen molar-refractivity contribution in [2.24, 2.45) is 0 Å². The van der Waals surface area contributed by atoms with Crippen LogP contribution in [0.3, 0.4) is 0 Å². The van der Waals surface area contributed by atoms with E-state index >= 15 is 0 Å². The largest absolute Gasteiger partial charge is 0.494 e. The van der Waals surface area contributed by atoms with Crippen LogP contribution in [0, 0.1) is 0 Å². The quantitative estimate of drug-likeness (QED) is 0.632. The molecule has 0 aliphatic rings. The van der Waals surface area contributed by atoms with Crippen LogP contribution in [0.1, 0.15) is 31.7 Å². The SMILES string of the molecule is CCOc1ccc(O[C@@H](C)c2nnc(CCn3cccn3)o2)cc1. The summed E-state index contributed by atoms with van der Waals surface area (Å²) in [5, 5.41) is 12.3. The Kier molecular flexibility index (Phi) is 5.10. The van der Waals surface area contributed by atoms with Gasteiger partial charge in [0.05, 0.1) is 6.61 Å². The van der Waals surface area contributed by atoms with E-state index in [-0.39, 0.29) is 6.10 Å². The van der Waals surface area contributed by atoms with Gasteiger partial charge in [-0.05, 0) is 44.2 Å². The second-order valence-corrected chi connectivity index (χ2v) is 5.22. The lowest BCUT2D eigenvalue weighted by Gasteiger charge is -2.11. The standard InChI is InChI=1S/C17H20N4O3/c1-3-22-14-5-7-15(8-6-14)23-13(2)17-20-19-16(24-17)9-12-21-11-4-10-18-21/h4-8,10-11,13H,3,9,12H2,1-2H3/t13-/m0/s1. The zero-order chi connectivity index (χ0) is 16.8. The Hall–Kier alpha value is -2.83. The Morgan fingerprint density at radius 3 is 2.67 bits per heavy atom. The van der Waals surface area contributed by atoms with Crippen LogP contribution in [0.25, 0.3) is 0 Å². The summed E-state index contributed by atoms with van der Waals surface area (Å²) in [6, 6.07) is 9.34. The summed E-state index contributed by atoms with van der Waals surface area (Å²) in [7, 11) is 0. The molecule has 7 heteroatoms. The molecule has 0 saturated carbocycles. The summed E-state index contributed by atoms with van der Waals surface area (Å²) in [5.74, 6) is 2.57. The highest BCUT2D eigenvalue weighted by Crippen LogP contribution is 2.23. The average Bonchev–Trinajstić information content (AvgIpc) is 3.26. The Labute approximate surface area is 140 Å². The Balaban J connectivity index is 1.55. The minimum atomic E-state index is -0.325. The lowest BCUT2D eigenvalue weighted by atomic mass is 10.3. The van der Waals surface area contributed by atoms with Crippen LogP contribution in [0.4, 0.5) is 0 Å². The number of aryl methyl sites for hydroxylation is 2. The van der Waals surface area contributed by atoms with Gasteiger partial charge >= 0.3 is 0 Å². The first-order chi connectivity index (χ1) is 11.7. The third-order valence-electron chi connectivity index (χ3n) is 3.39. The maximum absolute atomic E-state index is 5.83. The number of hydrogen-bond acceptors (Lipinski definition) is 6. The zero-order valence-electron chi connectivity index (χ0n) is 13.8. The van der Waals surface area contributed by atoms with Crippen molar-refractivity contribution >= 4 is 0 Å². The molecule has 0 bridgehead atoms. The van der Waals surface area contributed by atoms with Crippen molar-refractivity contribution in [1.82, 2.24) is 20.0 Å². The summed E-state index contributed by atoms with van der Waals surface area (Å²) in [6.07, 6.45) is 3.94. The molecule has 0 N–H and O–H groups in total. The van der Waals surface area contributed by atoms with Gasteiger partial charge in [0.25, 0.3) is 5.89 Å². The van der Waals surface area contributed by atoms with Crippen molar-refractivity contribution in [3.05, 3.63) is 54.5 Å². The predicted molar refractivity (Wildman–Crippen MR) is 86.9 cm³/mol. The van der Waals surface area contributed by atoms with E-state index in [1.54, 1.807) is 6.20 Å². The number of benzene rings is 1. The van der Waals surface area contributed by atoms with Gasteiger partial charge in [0.1, 0.15) is 11.5 Å². The molecule has 3 rings (SSSR count). The highest BCUT2D eigenvalue weighted by atomic mass is 16.5. The summed E-state index contributed by atoms with van der Waals surface area (Å²) in [4.78, 5) is 0. The molecule has 3 aromatic rings. The zero-order valence-corrected chi connectivity index (χ0v) is 13.8. The van der Waals surface area contributed by atoms with Gasteiger partial charge in [-0.1, -0.05) is 0 Å². The molecule has 126 valence electrons. The minimum absolute atomic E-state index is 0.325. The van der Waals surface area contributed by atoms with Crippen LogP contribution < -0.4 is 9.47 Å². The molecule has 2 aromatic heterocycles. The van der Waals surface area contributed by atoms with Gasteiger partial charge in [0.2, 0.25) is 5.89 Å². The van der Waals surface area contributed by atoms with Gasteiger partial charge in [0.15, 0.2) is 6.10 Å². The van der Waals surface area contributed by atoms with Crippen molar-refractivity contribution in [2.45, 2.75) is 32.9 Å². The van der Waals surface area contributed by atoms with Crippen molar-refractivity contribution in [3.8, 4) is 11.5 Å². The molecule has 0 fully saturated rings. The third-order valence-corrected chi connectivity index (χ3v) is 3.39. The van der Waals surface area contributed by atoms with E-state index in [2.05, 4.69) is 15.3 Å². The molecular formula is C17H20N4O3. The molecule has 0 spiro atoms. The van der Waals surface area contributed by atoms with E-state index in [0.717, 1.165) is 11.5 Å². The predicted octanol–water partition coefficient (Wildman–Crippen LogP) is 3.05. The van der Waals surface area contributed by atoms with E-state index in [1.165, 1.54) is 0 Å². The van der Waals surface area contributed by atoms with Crippen LogP contribution in [-0.4, -0.2) is 26.6 Å². The molecule has 1 atom stereocenters. The van der Waals surface area contributed by atoms with Gasteiger partial charge < -0.3 is 13.9 Å². The van der Waals surface area contributed by atoms with Gasteiger partial charge in [-0.15, -0.1) is 10.2 Å². The van der Waals surface area contributed by atoms with Gasteiger partial charge in [-0.2, -0.15) is 5.10 Å². The fourth-order valence-electron chi connectivity index (χ4n) is 2.21. The Morgan fingerprint density at radius 2 is 1.96 bits per heavy atom. The smallest absolute Gasteiger partial charge is 0.256 e.